The molecule has 1 rings (SSSR count). The molecule has 3 nitrogen and oxygen atoms in total. The lowest BCUT2D eigenvalue weighted by Gasteiger charge is -2.07. The Morgan fingerprint density at radius 2 is 2.21 bits per heavy atom. The van der Waals surface area contributed by atoms with Gasteiger partial charge in [-0.3, -0.25) is 0 Å². The average Bonchev–Trinajstić information content (AvgIpc) is 2.26. The van der Waals surface area contributed by atoms with Gasteiger partial charge in [-0.15, -0.1) is 0 Å². The Kier molecular flexibility index (Phi) is 3.73. The van der Waals surface area contributed by atoms with Gasteiger partial charge in [0.2, 0.25) is 0 Å². The molecule has 0 aromatic heterocycles. The molecule has 0 bridgehead atoms. The summed E-state index contributed by atoms with van der Waals surface area (Å²) in [6, 6.07) is 7.38. The van der Waals surface area contributed by atoms with Crippen LogP contribution in [-0.4, -0.2) is 13.1 Å². The van der Waals surface area contributed by atoms with Crippen molar-refractivity contribution in [2.45, 2.75) is 6.61 Å². The molecule has 0 heterocycles. The van der Waals surface area contributed by atoms with Crippen molar-refractivity contribution in [1.29, 1.82) is 0 Å². The predicted molar refractivity (Wildman–Crippen MR) is 53.0 cm³/mol. The molecule has 0 aliphatic heterocycles. The number of carbonyl (C=O) groups is 1. The Morgan fingerprint density at radius 1 is 1.50 bits per heavy atom. The van der Waals surface area contributed by atoms with E-state index in [9.17, 15) is 4.79 Å². The number of carbonyl (C=O) groups excluding carboxylic acids is 1. The van der Waals surface area contributed by atoms with Gasteiger partial charge in [-0.25, -0.2) is 4.79 Å². The Morgan fingerprint density at radius 3 is 2.86 bits per heavy atom. The van der Waals surface area contributed by atoms with Crippen molar-refractivity contribution < 1.29 is 14.3 Å². The molecule has 0 unspecified atom stereocenters. The summed E-state index contributed by atoms with van der Waals surface area (Å²) in [6.45, 7) is 3.51. The molecule has 0 radical (unpaired) electrons. The standard InChI is InChI=1S/C11H12O3/c1-3-11(12)14-8-9-6-4-5-7-10(9)13-2/h3-7H,1,8H2,2H3. The molecule has 0 saturated carbocycles. The van der Waals surface area contributed by atoms with Gasteiger partial charge in [-0.2, -0.15) is 0 Å². The summed E-state index contributed by atoms with van der Waals surface area (Å²) in [5.41, 5.74) is 0.838. The number of methoxy groups -OCH3 is 1. The summed E-state index contributed by atoms with van der Waals surface area (Å²) in [5, 5.41) is 0. The number of hydrogen-bond acceptors (Lipinski definition) is 3. The first kappa shape index (κ1) is 10.3. The summed E-state index contributed by atoms with van der Waals surface area (Å²) >= 11 is 0. The van der Waals surface area contributed by atoms with Gasteiger partial charge in [0.15, 0.2) is 0 Å². The van der Waals surface area contributed by atoms with E-state index in [1.54, 1.807) is 7.11 Å². The minimum atomic E-state index is -0.434. The van der Waals surface area contributed by atoms with Gasteiger partial charge in [0.25, 0.3) is 0 Å². The molecule has 74 valence electrons. The number of hydrogen-bond donors (Lipinski definition) is 0. The maximum Gasteiger partial charge on any atom is 0.330 e. The number of benzene rings is 1. The molecule has 0 aliphatic carbocycles. The summed E-state index contributed by atoms with van der Waals surface area (Å²) < 4.78 is 9.98. The second-order valence-corrected chi connectivity index (χ2v) is 2.62. The molecule has 0 amide bonds. The Labute approximate surface area is 83.0 Å². The van der Waals surface area contributed by atoms with Gasteiger partial charge >= 0.3 is 5.97 Å². The molecule has 3 heteroatoms. The molecule has 14 heavy (non-hydrogen) atoms. The summed E-state index contributed by atoms with van der Waals surface area (Å²) in [4.78, 5) is 10.8. The van der Waals surface area contributed by atoms with Crippen molar-refractivity contribution in [3.8, 4) is 5.75 Å². The molecule has 1 aromatic carbocycles. The Bertz CT molecular complexity index is 331. The van der Waals surface area contributed by atoms with Crippen LogP contribution in [0.5, 0.6) is 5.75 Å². The molecule has 0 N–H and O–H groups in total. The predicted octanol–water partition coefficient (Wildman–Crippen LogP) is 1.92. The van der Waals surface area contributed by atoms with Crippen molar-refractivity contribution in [1.82, 2.24) is 0 Å². The highest BCUT2D eigenvalue weighted by Crippen LogP contribution is 2.17. The normalized spacial score (nSPS) is 9.21. The van der Waals surface area contributed by atoms with Crippen LogP contribution in [0.15, 0.2) is 36.9 Å². The van der Waals surface area contributed by atoms with Gasteiger partial charge < -0.3 is 9.47 Å². The smallest absolute Gasteiger partial charge is 0.330 e. The van der Waals surface area contributed by atoms with E-state index in [0.717, 1.165) is 11.6 Å². The van der Waals surface area contributed by atoms with Crippen LogP contribution in [0.3, 0.4) is 0 Å². The van der Waals surface area contributed by atoms with Crippen LogP contribution in [0.25, 0.3) is 0 Å². The average molecular weight is 192 g/mol. The third-order valence-corrected chi connectivity index (χ3v) is 1.73. The van der Waals surface area contributed by atoms with Crippen molar-refractivity contribution in [3.05, 3.63) is 42.5 Å². The van der Waals surface area contributed by atoms with E-state index in [-0.39, 0.29) is 6.61 Å². The lowest BCUT2D eigenvalue weighted by molar-refractivity contribution is -0.139. The first-order chi connectivity index (χ1) is 6.77. The van der Waals surface area contributed by atoms with Crippen LogP contribution in [0.4, 0.5) is 0 Å². The van der Waals surface area contributed by atoms with Gasteiger partial charge in [-0.1, -0.05) is 24.8 Å². The Balaban J connectivity index is 2.66. The first-order valence-electron chi connectivity index (χ1n) is 4.19. The zero-order valence-corrected chi connectivity index (χ0v) is 8.03. The van der Waals surface area contributed by atoms with Crippen LogP contribution >= 0.6 is 0 Å². The molecule has 0 saturated heterocycles. The van der Waals surface area contributed by atoms with Crippen LogP contribution in [0.2, 0.25) is 0 Å². The topological polar surface area (TPSA) is 35.5 Å². The summed E-state index contributed by atoms with van der Waals surface area (Å²) in [7, 11) is 1.58. The maximum absolute atomic E-state index is 10.8. The molecular formula is C11H12O3. The highest BCUT2D eigenvalue weighted by molar-refractivity contribution is 5.81. The zero-order valence-electron chi connectivity index (χ0n) is 8.03. The highest BCUT2D eigenvalue weighted by atomic mass is 16.5. The van der Waals surface area contributed by atoms with Gasteiger partial charge in [0.05, 0.1) is 7.11 Å². The lowest BCUT2D eigenvalue weighted by atomic mass is 10.2. The van der Waals surface area contributed by atoms with E-state index in [2.05, 4.69) is 6.58 Å². The van der Waals surface area contributed by atoms with Crippen molar-refractivity contribution >= 4 is 5.97 Å². The third kappa shape index (κ3) is 2.62. The van der Waals surface area contributed by atoms with E-state index in [1.165, 1.54) is 0 Å². The fraction of sp³-hybridized carbons (Fsp3) is 0.182. The van der Waals surface area contributed by atoms with Crippen LogP contribution in [0.1, 0.15) is 5.56 Å². The molecule has 1 aromatic rings. The molecule has 0 fully saturated rings. The first-order valence-corrected chi connectivity index (χ1v) is 4.19. The van der Waals surface area contributed by atoms with Crippen LogP contribution < -0.4 is 4.74 Å². The number of para-hydroxylation sites is 1. The van der Waals surface area contributed by atoms with Gasteiger partial charge in [0.1, 0.15) is 12.4 Å². The second kappa shape index (κ2) is 5.07. The largest absolute Gasteiger partial charge is 0.496 e. The minimum Gasteiger partial charge on any atom is -0.496 e. The van der Waals surface area contributed by atoms with Crippen molar-refractivity contribution in [2.24, 2.45) is 0 Å². The third-order valence-electron chi connectivity index (χ3n) is 1.73. The van der Waals surface area contributed by atoms with Crippen molar-refractivity contribution in [3.63, 3.8) is 0 Å². The Hall–Kier alpha value is -1.77. The van der Waals surface area contributed by atoms with Crippen LogP contribution in [0, 0.1) is 0 Å². The molecular weight excluding hydrogens is 180 g/mol. The quantitative estimate of drug-likeness (QED) is 0.540. The zero-order chi connectivity index (χ0) is 10.4. The van der Waals surface area contributed by atoms with Crippen LogP contribution in [-0.2, 0) is 16.1 Å². The molecule has 0 aliphatic rings. The maximum atomic E-state index is 10.8. The SMILES string of the molecule is C=CC(=O)OCc1ccccc1OC. The second-order valence-electron chi connectivity index (χ2n) is 2.62. The fourth-order valence-corrected chi connectivity index (χ4v) is 1.03. The highest BCUT2D eigenvalue weighted by Gasteiger charge is 2.03. The monoisotopic (exact) mass is 192 g/mol. The van der Waals surface area contributed by atoms with E-state index in [1.807, 2.05) is 24.3 Å². The lowest BCUT2D eigenvalue weighted by Crippen LogP contribution is -2.01. The fourth-order valence-electron chi connectivity index (χ4n) is 1.03. The summed E-state index contributed by atoms with van der Waals surface area (Å²) in [5.74, 6) is 0.278. The molecule has 0 atom stereocenters. The van der Waals surface area contributed by atoms with Gasteiger partial charge in [0, 0.05) is 11.6 Å². The van der Waals surface area contributed by atoms with Crippen molar-refractivity contribution in [2.75, 3.05) is 7.11 Å². The van der Waals surface area contributed by atoms with E-state index in [4.69, 9.17) is 9.47 Å². The van der Waals surface area contributed by atoms with E-state index >= 15 is 0 Å². The number of ether oxygens (including phenoxy) is 2. The van der Waals surface area contributed by atoms with Gasteiger partial charge in [-0.05, 0) is 6.07 Å². The van der Waals surface area contributed by atoms with E-state index < -0.39 is 5.97 Å². The molecule has 0 spiro atoms. The number of rotatable bonds is 4. The minimum absolute atomic E-state index is 0.203. The van der Waals surface area contributed by atoms with E-state index in [0.29, 0.717) is 5.75 Å². The number of esters is 1. The summed E-state index contributed by atoms with van der Waals surface area (Å²) in [6.07, 6.45) is 1.13.